The Kier molecular flexibility index (Phi) is 5.09. The van der Waals surface area contributed by atoms with Gasteiger partial charge in [0.2, 0.25) is 5.91 Å². The van der Waals surface area contributed by atoms with Gasteiger partial charge >= 0.3 is 0 Å². The third-order valence-electron chi connectivity index (χ3n) is 3.69. The lowest BCUT2D eigenvalue weighted by atomic mass is 10.1. The van der Waals surface area contributed by atoms with Crippen LogP contribution in [-0.4, -0.2) is 43.0 Å². The molecule has 1 aliphatic rings. The molecule has 4 nitrogen and oxygen atoms in total. The molecule has 1 atom stereocenters. The molecule has 1 fully saturated rings. The van der Waals surface area contributed by atoms with E-state index in [0.717, 1.165) is 24.2 Å². The van der Waals surface area contributed by atoms with Crippen LogP contribution in [0.3, 0.4) is 0 Å². The summed E-state index contributed by atoms with van der Waals surface area (Å²) < 4.78 is 13.1. The average Bonchev–Trinajstić information content (AvgIpc) is 2.43. The molecule has 0 bridgehead atoms. The smallest absolute Gasteiger partial charge is 0.238 e. The molecule has 1 unspecified atom stereocenters. The van der Waals surface area contributed by atoms with E-state index in [1.807, 2.05) is 19.9 Å². The fourth-order valence-corrected chi connectivity index (χ4v) is 2.54. The van der Waals surface area contributed by atoms with Gasteiger partial charge in [-0.15, -0.1) is 0 Å². The number of nitrogens with zero attached hydrogens (tertiary/aromatic N) is 1. The standard InChI is InChI=1S/C15H22FN3O/c1-3-18-15(20)14-9-17-6-7-19(14)10-12-4-5-13(16)8-11(12)2/h4-5,8,14,17H,3,6-7,9-10H2,1-2H3,(H,18,20). The SMILES string of the molecule is CCNC(=O)C1CNCCN1Cc1ccc(F)cc1C. The fraction of sp³-hybridized carbons (Fsp3) is 0.533. The van der Waals surface area contributed by atoms with Crippen LogP contribution in [0.5, 0.6) is 0 Å². The number of hydrogen-bond donors (Lipinski definition) is 2. The topological polar surface area (TPSA) is 44.4 Å². The van der Waals surface area contributed by atoms with Crippen molar-refractivity contribution >= 4 is 5.91 Å². The van der Waals surface area contributed by atoms with Gasteiger partial charge in [0.05, 0.1) is 0 Å². The van der Waals surface area contributed by atoms with Gasteiger partial charge in [-0.1, -0.05) is 6.07 Å². The zero-order chi connectivity index (χ0) is 14.5. The van der Waals surface area contributed by atoms with Crippen molar-refractivity contribution in [3.8, 4) is 0 Å². The molecule has 2 N–H and O–H groups in total. The van der Waals surface area contributed by atoms with Crippen LogP contribution in [0, 0.1) is 12.7 Å². The number of benzene rings is 1. The number of carbonyl (C=O) groups is 1. The molecule has 110 valence electrons. The summed E-state index contributed by atoms with van der Waals surface area (Å²) >= 11 is 0. The van der Waals surface area contributed by atoms with Gasteiger partial charge in [-0.05, 0) is 37.1 Å². The molecule has 1 amide bonds. The Morgan fingerprint density at radius 3 is 3.05 bits per heavy atom. The largest absolute Gasteiger partial charge is 0.355 e. The summed E-state index contributed by atoms with van der Waals surface area (Å²) in [5, 5.41) is 6.13. The predicted molar refractivity (Wildman–Crippen MR) is 76.9 cm³/mol. The minimum absolute atomic E-state index is 0.0551. The maximum Gasteiger partial charge on any atom is 0.238 e. The van der Waals surface area contributed by atoms with E-state index in [9.17, 15) is 9.18 Å². The number of hydrogen-bond acceptors (Lipinski definition) is 3. The third-order valence-corrected chi connectivity index (χ3v) is 3.69. The van der Waals surface area contributed by atoms with Crippen LogP contribution < -0.4 is 10.6 Å². The minimum Gasteiger partial charge on any atom is -0.355 e. The molecule has 1 aliphatic heterocycles. The van der Waals surface area contributed by atoms with Crippen molar-refractivity contribution in [1.29, 1.82) is 0 Å². The Morgan fingerprint density at radius 1 is 1.55 bits per heavy atom. The maximum atomic E-state index is 13.1. The summed E-state index contributed by atoms with van der Waals surface area (Å²) in [7, 11) is 0. The normalized spacial score (nSPS) is 19.9. The molecular weight excluding hydrogens is 257 g/mol. The Labute approximate surface area is 119 Å². The van der Waals surface area contributed by atoms with E-state index in [4.69, 9.17) is 0 Å². The van der Waals surface area contributed by atoms with Crippen LogP contribution in [0.4, 0.5) is 4.39 Å². The van der Waals surface area contributed by atoms with E-state index < -0.39 is 0 Å². The second-order valence-electron chi connectivity index (χ2n) is 5.16. The van der Waals surface area contributed by atoms with Crippen molar-refractivity contribution in [2.75, 3.05) is 26.2 Å². The molecule has 0 saturated carbocycles. The highest BCUT2D eigenvalue weighted by Gasteiger charge is 2.28. The van der Waals surface area contributed by atoms with Crippen molar-refractivity contribution in [1.82, 2.24) is 15.5 Å². The van der Waals surface area contributed by atoms with Gasteiger partial charge in [-0.2, -0.15) is 0 Å². The lowest BCUT2D eigenvalue weighted by Crippen LogP contribution is -2.57. The van der Waals surface area contributed by atoms with Gasteiger partial charge in [0.25, 0.3) is 0 Å². The summed E-state index contributed by atoms with van der Waals surface area (Å²) in [5.74, 6) is -0.161. The van der Waals surface area contributed by atoms with Crippen LogP contribution in [0.2, 0.25) is 0 Å². The molecule has 0 radical (unpaired) electrons. The molecule has 0 aliphatic carbocycles. The van der Waals surface area contributed by atoms with Crippen molar-refractivity contribution < 1.29 is 9.18 Å². The first-order chi connectivity index (χ1) is 9.61. The van der Waals surface area contributed by atoms with Crippen LogP contribution in [0.15, 0.2) is 18.2 Å². The molecule has 2 rings (SSSR count). The summed E-state index contributed by atoms with van der Waals surface area (Å²) in [6.07, 6.45) is 0. The van der Waals surface area contributed by atoms with Crippen LogP contribution >= 0.6 is 0 Å². The zero-order valence-corrected chi connectivity index (χ0v) is 12.1. The number of halogens is 1. The molecule has 0 aromatic heterocycles. The first kappa shape index (κ1) is 14.9. The second kappa shape index (κ2) is 6.81. The molecular formula is C15H22FN3O. The predicted octanol–water partition coefficient (Wildman–Crippen LogP) is 1.04. The number of nitrogens with one attached hydrogen (secondary N) is 2. The van der Waals surface area contributed by atoms with Crippen molar-refractivity contribution in [3.05, 3.63) is 35.1 Å². The van der Waals surface area contributed by atoms with E-state index in [2.05, 4.69) is 15.5 Å². The number of aryl methyl sites for hydroxylation is 1. The van der Waals surface area contributed by atoms with Gasteiger partial charge in [0.1, 0.15) is 11.9 Å². The number of rotatable bonds is 4. The number of carbonyl (C=O) groups excluding carboxylic acids is 1. The molecule has 1 aromatic rings. The maximum absolute atomic E-state index is 13.1. The molecule has 1 heterocycles. The van der Waals surface area contributed by atoms with Gasteiger partial charge in [0, 0.05) is 32.7 Å². The second-order valence-corrected chi connectivity index (χ2v) is 5.16. The number of piperazine rings is 1. The molecule has 1 aromatic carbocycles. The Balaban J connectivity index is 2.10. The quantitative estimate of drug-likeness (QED) is 0.866. The average molecular weight is 279 g/mol. The van der Waals surface area contributed by atoms with E-state index in [1.165, 1.54) is 6.07 Å². The monoisotopic (exact) mass is 279 g/mol. The lowest BCUT2D eigenvalue weighted by Gasteiger charge is -2.35. The van der Waals surface area contributed by atoms with Crippen LogP contribution in [-0.2, 0) is 11.3 Å². The summed E-state index contributed by atoms with van der Waals surface area (Å²) in [5.41, 5.74) is 2.00. The zero-order valence-electron chi connectivity index (χ0n) is 12.1. The van der Waals surface area contributed by atoms with Crippen molar-refractivity contribution in [2.24, 2.45) is 0 Å². The summed E-state index contributed by atoms with van der Waals surface area (Å²) in [6.45, 7) is 7.49. The van der Waals surface area contributed by atoms with E-state index in [-0.39, 0.29) is 17.8 Å². The lowest BCUT2D eigenvalue weighted by molar-refractivity contribution is -0.127. The highest BCUT2D eigenvalue weighted by Crippen LogP contribution is 2.15. The van der Waals surface area contributed by atoms with Gasteiger partial charge in [-0.25, -0.2) is 4.39 Å². The Hall–Kier alpha value is -1.46. The molecule has 0 spiro atoms. The fourth-order valence-electron chi connectivity index (χ4n) is 2.54. The van der Waals surface area contributed by atoms with Gasteiger partial charge < -0.3 is 10.6 Å². The van der Waals surface area contributed by atoms with Crippen LogP contribution in [0.25, 0.3) is 0 Å². The van der Waals surface area contributed by atoms with E-state index in [1.54, 1.807) is 6.07 Å². The molecule has 20 heavy (non-hydrogen) atoms. The van der Waals surface area contributed by atoms with E-state index in [0.29, 0.717) is 19.6 Å². The summed E-state index contributed by atoms with van der Waals surface area (Å²) in [4.78, 5) is 14.2. The number of amides is 1. The first-order valence-corrected chi connectivity index (χ1v) is 7.09. The molecule has 5 heteroatoms. The highest BCUT2D eigenvalue weighted by atomic mass is 19.1. The highest BCUT2D eigenvalue weighted by molar-refractivity contribution is 5.82. The Morgan fingerprint density at radius 2 is 2.35 bits per heavy atom. The Bertz CT molecular complexity index is 478. The van der Waals surface area contributed by atoms with Gasteiger partial charge in [0.15, 0.2) is 0 Å². The van der Waals surface area contributed by atoms with Gasteiger partial charge in [-0.3, -0.25) is 9.69 Å². The van der Waals surface area contributed by atoms with Crippen molar-refractivity contribution in [3.63, 3.8) is 0 Å². The number of likely N-dealkylation sites (N-methyl/N-ethyl adjacent to an activating group) is 1. The first-order valence-electron chi connectivity index (χ1n) is 7.09. The third kappa shape index (κ3) is 3.55. The van der Waals surface area contributed by atoms with Crippen molar-refractivity contribution in [2.45, 2.75) is 26.4 Å². The summed E-state index contributed by atoms with van der Waals surface area (Å²) in [6, 6.07) is 4.67. The minimum atomic E-state index is -0.216. The molecule has 1 saturated heterocycles. The van der Waals surface area contributed by atoms with Crippen LogP contribution in [0.1, 0.15) is 18.1 Å². The van der Waals surface area contributed by atoms with E-state index >= 15 is 0 Å².